The standard InChI is InChI=1S/C26H26F2O2/c1-18-8-9-21(15-19(18)2)16-22(24-6-3-7-25(27)26(24)28)5-4-14-30-23-12-10-20(17-29)11-13-23/h3,6-13,15,17,22H,4-5,14,16H2,1-2H3. The van der Waals surface area contributed by atoms with E-state index in [1.54, 1.807) is 36.4 Å². The van der Waals surface area contributed by atoms with Crippen molar-refractivity contribution in [1.29, 1.82) is 0 Å². The third-order valence-corrected chi connectivity index (χ3v) is 5.46. The predicted octanol–water partition coefficient (Wildman–Crippen LogP) is 6.58. The second-order valence-electron chi connectivity index (χ2n) is 7.64. The van der Waals surface area contributed by atoms with Crippen LogP contribution in [0.25, 0.3) is 0 Å². The van der Waals surface area contributed by atoms with Gasteiger partial charge in [0.25, 0.3) is 0 Å². The van der Waals surface area contributed by atoms with Gasteiger partial charge in [0.05, 0.1) is 6.61 Å². The Bertz CT molecular complexity index is 996. The monoisotopic (exact) mass is 408 g/mol. The maximum Gasteiger partial charge on any atom is 0.162 e. The molecule has 0 radical (unpaired) electrons. The molecule has 0 saturated carbocycles. The van der Waals surface area contributed by atoms with Crippen LogP contribution in [0.1, 0.15) is 51.4 Å². The summed E-state index contributed by atoms with van der Waals surface area (Å²) in [6.07, 6.45) is 2.78. The summed E-state index contributed by atoms with van der Waals surface area (Å²) >= 11 is 0. The van der Waals surface area contributed by atoms with Crippen molar-refractivity contribution in [2.75, 3.05) is 6.61 Å². The van der Waals surface area contributed by atoms with Gasteiger partial charge in [-0.05, 0) is 91.6 Å². The minimum atomic E-state index is -0.816. The highest BCUT2D eigenvalue weighted by atomic mass is 19.2. The van der Waals surface area contributed by atoms with Crippen LogP contribution in [0.3, 0.4) is 0 Å². The van der Waals surface area contributed by atoms with Crippen LogP contribution in [0.15, 0.2) is 60.7 Å². The number of carbonyl (C=O) groups is 1. The number of benzene rings is 3. The third-order valence-electron chi connectivity index (χ3n) is 5.46. The van der Waals surface area contributed by atoms with Crippen LogP contribution in [-0.4, -0.2) is 12.9 Å². The van der Waals surface area contributed by atoms with Gasteiger partial charge in [0.2, 0.25) is 0 Å². The Balaban J connectivity index is 1.69. The highest BCUT2D eigenvalue weighted by Gasteiger charge is 2.19. The van der Waals surface area contributed by atoms with E-state index >= 15 is 0 Å². The summed E-state index contributed by atoms with van der Waals surface area (Å²) in [5.74, 6) is -1.05. The van der Waals surface area contributed by atoms with Gasteiger partial charge in [0.1, 0.15) is 12.0 Å². The fourth-order valence-electron chi connectivity index (χ4n) is 3.58. The molecule has 0 N–H and O–H groups in total. The highest BCUT2D eigenvalue weighted by Crippen LogP contribution is 2.30. The Morgan fingerprint density at radius 3 is 2.43 bits per heavy atom. The van der Waals surface area contributed by atoms with Crippen molar-refractivity contribution < 1.29 is 18.3 Å². The average Bonchev–Trinajstić information content (AvgIpc) is 2.75. The number of carbonyl (C=O) groups excluding carboxylic acids is 1. The smallest absolute Gasteiger partial charge is 0.162 e. The fourth-order valence-corrected chi connectivity index (χ4v) is 3.58. The van der Waals surface area contributed by atoms with E-state index in [2.05, 4.69) is 32.0 Å². The molecule has 156 valence electrons. The third kappa shape index (κ3) is 5.53. The van der Waals surface area contributed by atoms with Gasteiger partial charge in [-0.1, -0.05) is 30.3 Å². The van der Waals surface area contributed by atoms with Crippen molar-refractivity contribution in [2.24, 2.45) is 0 Å². The van der Waals surface area contributed by atoms with Crippen LogP contribution in [0.4, 0.5) is 8.78 Å². The zero-order valence-corrected chi connectivity index (χ0v) is 17.3. The van der Waals surface area contributed by atoms with Crippen molar-refractivity contribution in [3.05, 3.63) is 100 Å². The second kappa shape index (κ2) is 10.1. The lowest BCUT2D eigenvalue weighted by Crippen LogP contribution is -2.09. The topological polar surface area (TPSA) is 26.3 Å². The number of hydrogen-bond acceptors (Lipinski definition) is 2. The summed E-state index contributed by atoms with van der Waals surface area (Å²) in [6, 6.07) is 17.5. The van der Waals surface area contributed by atoms with Crippen LogP contribution < -0.4 is 4.74 Å². The normalized spacial score (nSPS) is 11.9. The van der Waals surface area contributed by atoms with E-state index < -0.39 is 11.6 Å². The molecule has 3 aromatic carbocycles. The molecule has 0 heterocycles. The molecule has 3 rings (SSSR count). The number of rotatable bonds is 9. The van der Waals surface area contributed by atoms with E-state index in [9.17, 15) is 13.6 Å². The molecule has 0 amide bonds. The lowest BCUT2D eigenvalue weighted by atomic mass is 9.87. The number of aryl methyl sites for hydroxylation is 2. The molecule has 0 fully saturated rings. The van der Waals surface area contributed by atoms with Crippen molar-refractivity contribution in [2.45, 2.75) is 39.0 Å². The average molecular weight is 408 g/mol. The minimum absolute atomic E-state index is 0.149. The van der Waals surface area contributed by atoms with Crippen molar-refractivity contribution >= 4 is 6.29 Å². The maximum atomic E-state index is 14.5. The van der Waals surface area contributed by atoms with Gasteiger partial charge in [0, 0.05) is 5.56 Å². The Labute approximate surface area is 176 Å². The molecule has 1 atom stereocenters. The Morgan fingerprint density at radius 2 is 1.73 bits per heavy atom. The molecule has 2 nitrogen and oxygen atoms in total. The summed E-state index contributed by atoms with van der Waals surface area (Å²) in [5.41, 5.74) is 4.51. The molecular weight excluding hydrogens is 382 g/mol. The first kappa shape index (κ1) is 21.7. The van der Waals surface area contributed by atoms with Gasteiger partial charge in [-0.2, -0.15) is 0 Å². The molecule has 0 bridgehead atoms. The Morgan fingerprint density at radius 1 is 0.967 bits per heavy atom. The highest BCUT2D eigenvalue weighted by molar-refractivity contribution is 5.74. The Kier molecular flexibility index (Phi) is 7.34. The predicted molar refractivity (Wildman–Crippen MR) is 115 cm³/mol. The van der Waals surface area contributed by atoms with Crippen molar-refractivity contribution in [3.8, 4) is 5.75 Å². The number of hydrogen-bond donors (Lipinski definition) is 0. The SMILES string of the molecule is Cc1ccc(CC(CCCOc2ccc(C=O)cc2)c2cccc(F)c2F)cc1C. The lowest BCUT2D eigenvalue weighted by Gasteiger charge is -2.19. The minimum Gasteiger partial charge on any atom is -0.494 e. The molecular formula is C26H26F2O2. The molecule has 0 aliphatic rings. The number of ether oxygens (including phenoxy) is 1. The first-order valence-corrected chi connectivity index (χ1v) is 10.2. The number of halogens is 2. The zero-order chi connectivity index (χ0) is 21.5. The molecule has 0 saturated heterocycles. The lowest BCUT2D eigenvalue weighted by molar-refractivity contribution is 0.112. The van der Waals surface area contributed by atoms with E-state index in [-0.39, 0.29) is 5.92 Å². The van der Waals surface area contributed by atoms with Gasteiger partial charge in [-0.3, -0.25) is 4.79 Å². The molecule has 1 unspecified atom stereocenters. The first-order chi connectivity index (χ1) is 14.5. The van der Waals surface area contributed by atoms with E-state index in [1.165, 1.54) is 11.1 Å². The summed E-state index contributed by atoms with van der Waals surface area (Å²) in [6.45, 7) is 4.57. The molecule has 4 heteroatoms. The van der Waals surface area contributed by atoms with Crippen LogP contribution in [-0.2, 0) is 6.42 Å². The summed E-state index contributed by atoms with van der Waals surface area (Å²) in [7, 11) is 0. The van der Waals surface area contributed by atoms with E-state index in [0.29, 0.717) is 42.7 Å². The van der Waals surface area contributed by atoms with E-state index in [1.807, 2.05) is 0 Å². The summed E-state index contributed by atoms with van der Waals surface area (Å²) in [4.78, 5) is 10.7. The fraction of sp³-hybridized carbons (Fsp3) is 0.269. The van der Waals surface area contributed by atoms with Gasteiger partial charge in [-0.15, -0.1) is 0 Å². The first-order valence-electron chi connectivity index (χ1n) is 10.2. The van der Waals surface area contributed by atoms with Gasteiger partial charge in [-0.25, -0.2) is 8.78 Å². The van der Waals surface area contributed by atoms with E-state index in [0.717, 1.165) is 17.9 Å². The van der Waals surface area contributed by atoms with E-state index in [4.69, 9.17) is 4.74 Å². The quantitative estimate of drug-likeness (QED) is 0.295. The van der Waals surface area contributed by atoms with Crippen molar-refractivity contribution in [3.63, 3.8) is 0 Å². The van der Waals surface area contributed by atoms with Crippen LogP contribution >= 0.6 is 0 Å². The molecule has 3 aromatic rings. The largest absolute Gasteiger partial charge is 0.494 e. The maximum absolute atomic E-state index is 14.5. The molecule has 0 aliphatic heterocycles. The molecule has 30 heavy (non-hydrogen) atoms. The van der Waals surface area contributed by atoms with Gasteiger partial charge >= 0.3 is 0 Å². The second-order valence-corrected chi connectivity index (χ2v) is 7.64. The van der Waals surface area contributed by atoms with Gasteiger partial charge in [0.15, 0.2) is 11.6 Å². The summed E-state index contributed by atoms with van der Waals surface area (Å²) < 4.78 is 34.1. The zero-order valence-electron chi connectivity index (χ0n) is 17.3. The molecule has 0 aromatic heterocycles. The van der Waals surface area contributed by atoms with Gasteiger partial charge < -0.3 is 4.74 Å². The van der Waals surface area contributed by atoms with Crippen LogP contribution in [0, 0.1) is 25.5 Å². The van der Waals surface area contributed by atoms with Crippen LogP contribution in [0.2, 0.25) is 0 Å². The van der Waals surface area contributed by atoms with Crippen LogP contribution in [0.5, 0.6) is 5.75 Å². The molecule has 0 spiro atoms. The summed E-state index contributed by atoms with van der Waals surface area (Å²) in [5, 5.41) is 0. The molecule has 0 aliphatic carbocycles. The Hall–Kier alpha value is -3.01. The van der Waals surface area contributed by atoms with Crippen molar-refractivity contribution in [1.82, 2.24) is 0 Å². The number of aldehydes is 1.